The normalized spacial score (nSPS) is 9.69. The molecule has 0 atom stereocenters. The molecule has 1 rings (SSSR count). The molecule has 0 aliphatic carbocycles. The molecule has 13 heavy (non-hydrogen) atoms. The molecule has 0 unspecified atom stereocenters. The maximum Gasteiger partial charge on any atom is 0.338 e. The molecule has 0 heterocycles. The van der Waals surface area contributed by atoms with Crippen molar-refractivity contribution < 1.29 is 14.6 Å². The second kappa shape index (κ2) is 3.52. The monoisotopic (exact) mass is 176 g/mol. The third-order valence-corrected chi connectivity index (χ3v) is 1.81. The van der Waals surface area contributed by atoms with E-state index in [-0.39, 0.29) is 5.75 Å². The average Bonchev–Trinajstić information content (AvgIpc) is 2.10. The molecule has 0 fully saturated rings. The van der Waals surface area contributed by atoms with E-state index in [0.717, 1.165) is 0 Å². The van der Waals surface area contributed by atoms with Gasteiger partial charge in [-0.3, -0.25) is 0 Å². The van der Waals surface area contributed by atoms with Gasteiger partial charge in [-0.2, -0.15) is 0 Å². The summed E-state index contributed by atoms with van der Waals surface area (Å²) >= 11 is 0. The smallest absolute Gasteiger partial charge is 0.338 e. The SMILES string of the molecule is [B]c1cc(O)c(C)c(C(=O)OC)c1. The number of hydrogen-bond donors (Lipinski definition) is 1. The summed E-state index contributed by atoms with van der Waals surface area (Å²) in [6.07, 6.45) is 0. The molecule has 0 bridgehead atoms. The zero-order chi connectivity index (χ0) is 10.0. The van der Waals surface area contributed by atoms with E-state index < -0.39 is 5.97 Å². The molecule has 0 aromatic heterocycles. The van der Waals surface area contributed by atoms with Crippen LogP contribution >= 0.6 is 0 Å². The second-order valence-corrected chi connectivity index (χ2v) is 2.70. The molecular formula is C9H9BO3. The molecule has 1 aromatic rings. The molecular weight excluding hydrogens is 167 g/mol. The van der Waals surface area contributed by atoms with Crippen LogP contribution in [0, 0.1) is 6.92 Å². The molecule has 0 spiro atoms. The van der Waals surface area contributed by atoms with Crippen LogP contribution in [0.4, 0.5) is 0 Å². The zero-order valence-electron chi connectivity index (χ0n) is 7.50. The lowest BCUT2D eigenvalue weighted by molar-refractivity contribution is 0.0599. The number of benzene rings is 1. The van der Waals surface area contributed by atoms with Crippen molar-refractivity contribution in [2.75, 3.05) is 7.11 Å². The number of ether oxygens (including phenoxy) is 1. The molecule has 0 aliphatic rings. The maximum absolute atomic E-state index is 11.1. The summed E-state index contributed by atoms with van der Waals surface area (Å²) in [5.41, 5.74) is 1.10. The van der Waals surface area contributed by atoms with Gasteiger partial charge in [0.25, 0.3) is 0 Å². The molecule has 3 nitrogen and oxygen atoms in total. The third-order valence-electron chi connectivity index (χ3n) is 1.81. The Morgan fingerprint density at radius 3 is 2.69 bits per heavy atom. The number of hydrogen-bond acceptors (Lipinski definition) is 3. The molecule has 1 N–H and O–H groups in total. The van der Waals surface area contributed by atoms with Gasteiger partial charge >= 0.3 is 5.97 Å². The Kier molecular flexibility index (Phi) is 2.61. The number of carbonyl (C=O) groups is 1. The van der Waals surface area contributed by atoms with E-state index in [4.69, 9.17) is 7.85 Å². The van der Waals surface area contributed by atoms with Gasteiger partial charge in [0.15, 0.2) is 0 Å². The molecule has 0 amide bonds. The van der Waals surface area contributed by atoms with E-state index in [1.807, 2.05) is 0 Å². The standard InChI is InChI=1S/C9H9BO3/c1-5-7(9(12)13-2)3-6(10)4-8(5)11/h3-4,11H,1-2H3. The first-order valence-corrected chi connectivity index (χ1v) is 3.73. The summed E-state index contributed by atoms with van der Waals surface area (Å²) in [4.78, 5) is 11.1. The number of methoxy groups -OCH3 is 1. The van der Waals surface area contributed by atoms with Crippen molar-refractivity contribution in [2.45, 2.75) is 6.92 Å². The summed E-state index contributed by atoms with van der Waals surface area (Å²) in [6.45, 7) is 1.63. The Balaban J connectivity index is 3.28. The third kappa shape index (κ3) is 1.83. The lowest BCUT2D eigenvalue weighted by Crippen LogP contribution is -2.10. The van der Waals surface area contributed by atoms with Gasteiger partial charge in [-0.05, 0) is 13.0 Å². The van der Waals surface area contributed by atoms with Crippen LogP contribution in [0.5, 0.6) is 5.75 Å². The number of aromatic hydroxyl groups is 1. The number of carbonyl (C=O) groups excluding carboxylic acids is 1. The van der Waals surface area contributed by atoms with Crippen molar-refractivity contribution in [1.29, 1.82) is 0 Å². The van der Waals surface area contributed by atoms with Crippen LogP contribution in [-0.4, -0.2) is 26.0 Å². The Bertz CT molecular complexity index is 347. The maximum atomic E-state index is 11.1. The molecule has 66 valence electrons. The number of phenols is 1. The van der Waals surface area contributed by atoms with Gasteiger partial charge < -0.3 is 9.84 Å². The van der Waals surface area contributed by atoms with Gasteiger partial charge in [-0.15, -0.1) is 0 Å². The van der Waals surface area contributed by atoms with E-state index >= 15 is 0 Å². The molecule has 4 heteroatoms. The van der Waals surface area contributed by atoms with E-state index in [9.17, 15) is 9.90 Å². The van der Waals surface area contributed by atoms with Crippen molar-refractivity contribution in [3.63, 3.8) is 0 Å². The molecule has 0 saturated carbocycles. The highest BCUT2D eigenvalue weighted by atomic mass is 16.5. The first kappa shape index (κ1) is 9.64. The Labute approximate surface area is 77.7 Å². The largest absolute Gasteiger partial charge is 0.508 e. The Morgan fingerprint density at radius 1 is 1.54 bits per heavy atom. The van der Waals surface area contributed by atoms with Crippen molar-refractivity contribution in [3.8, 4) is 5.75 Å². The predicted molar refractivity (Wildman–Crippen MR) is 49.6 cm³/mol. The summed E-state index contributed by atoms with van der Waals surface area (Å²) in [6, 6.07) is 2.86. The van der Waals surface area contributed by atoms with E-state index in [1.54, 1.807) is 6.92 Å². The van der Waals surface area contributed by atoms with Crippen LogP contribution in [0.3, 0.4) is 0 Å². The first-order valence-electron chi connectivity index (χ1n) is 3.73. The molecule has 1 aromatic carbocycles. The van der Waals surface area contributed by atoms with Gasteiger partial charge in [0.2, 0.25) is 0 Å². The minimum atomic E-state index is -0.500. The highest BCUT2D eigenvalue weighted by molar-refractivity contribution is 6.33. The summed E-state index contributed by atoms with van der Waals surface area (Å²) in [7, 11) is 6.73. The number of esters is 1. The van der Waals surface area contributed by atoms with Crippen molar-refractivity contribution in [2.24, 2.45) is 0 Å². The minimum Gasteiger partial charge on any atom is -0.508 e. The molecule has 0 aliphatic heterocycles. The Morgan fingerprint density at radius 2 is 2.15 bits per heavy atom. The first-order chi connectivity index (χ1) is 6.06. The topological polar surface area (TPSA) is 46.5 Å². The molecule has 2 radical (unpaired) electrons. The number of phenolic OH excluding ortho intramolecular Hbond substituents is 1. The van der Waals surface area contributed by atoms with E-state index in [2.05, 4.69) is 4.74 Å². The van der Waals surface area contributed by atoms with Crippen LogP contribution < -0.4 is 5.46 Å². The summed E-state index contributed by atoms with van der Waals surface area (Å²) < 4.78 is 4.52. The highest BCUT2D eigenvalue weighted by Crippen LogP contribution is 2.18. The van der Waals surface area contributed by atoms with Crippen molar-refractivity contribution in [3.05, 3.63) is 23.3 Å². The zero-order valence-corrected chi connectivity index (χ0v) is 7.50. The van der Waals surface area contributed by atoms with Crippen LogP contribution in [0.2, 0.25) is 0 Å². The van der Waals surface area contributed by atoms with Crippen molar-refractivity contribution >= 4 is 19.3 Å². The fourth-order valence-corrected chi connectivity index (χ4v) is 1.04. The predicted octanol–water partition coefficient (Wildman–Crippen LogP) is 0.281. The lowest BCUT2D eigenvalue weighted by atomic mass is 9.91. The summed E-state index contributed by atoms with van der Waals surface area (Å²) in [5, 5.41) is 9.34. The second-order valence-electron chi connectivity index (χ2n) is 2.70. The van der Waals surface area contributed by atoms with Crippen LogP contribution in [0.1, 0.15) is 15.9 Å². The van der Waals surface area contributed by atoms with Gasteiger partial charge in [0.05, 0.1) is 12.7 Å². The van der Waals surface area contributed by atoms with E-state index in [0.29, 0.717) is 16.6 Å². The average molecular weight is 176 g/mol. The van der Waals surface area contributed by atoms with Crippen molar-refractivity contribution in [1.82, 2.24) is 0 Å². The van der Waals surface area contributed by atoms with Crippen LogP contribution in [-0.2, 0) is 4.74 Å². The number of rotatable bonds is 1. The van der Waals surface area contributed by atoms with Gasteiger partial charge in [0, 0.05) is 5.56 Å². The van der Waals surface area contributed by atoms with E-state index in [1.165, 1.54) is 19.2 Å². The fourth-order valence-electron chi connectivity index (χ4n) is 1.04. The van der Waals surface area contributed by atoms with Crippen LogP contribution in [0.25, 0.3) is 0 Å². The summed E-state index contributed by atoms with van der Waals surface area (Å²) in [5.74, 6) is -0.500. The van der Waals surface area contributed by atoms with Gasteiger partial charge in [-0.25, -0.2) is 4.79 Å². The minimum absolute atomic E-state index is 0.000370. The lowest BCUT2D eigenvalue weighted by Gasteiger charge is -2.07. The van der Waals surface area contributed by atoms with Crippen LogP contribution in [0.15, 0.2) is 12.1 Å². The quantitative estimate of drug-likeness (QED) is 0.493. The van der Waals surface area contributed by atoms with Gasteiger partial charge in [0.1, 0.15) is 13.6 Å². The highest BCUT2D eigenvalue weighted by Gasteiger charge is 2.11. The fraction of sp³-hybridized carbons (Fsp3) is 0.222. The van der Waals surface area contributed by atoms with Gasteiger partial charge in [-0.1, -0.05) is 11.5 Å². The molecule has 0 saturated heterocycles. The Hall–Kier alpha value is -1.45.